The second-order valence-electron chi connectivity index (χ2n) is 7.36. The molecule has 1 fully saturated rings. The van der Waals surface area contributed by atoms with Crippen LogP contribution >= 0.6 is 11.8 Å². The first-order valence-corrected chi connectivity index (χ1v) is 10.9. The lowest BCUT2D eigenvalue weighted by atomic mass is 10.1. The van der Waals surface area contributed by atoms with E-state index >= 15 is 0 Å². The molecule has 1 amide bonds. The predicted molar refractivity (Wildman–Crippen MR) is 113 cm³/mol. The van der Waals surface area contributed by atoms with Crippen molar-refractivity contribution in [2.45, 2.75) is 32.0 Å². The molecule has 0 bridgehead atoms. The molecule has 4 rings (SSSR count). The zero-order chi connectivity index (χ0) is 20.2. The van der Waals surface area contributed by atoms with Crippen molar-refractivity contribution >= 4 is 17.7 Å². The molecule has 3 heterocycles. The van der Waals surface area contributed by atoms with E-state index in [1.807, 2.05) is 36.0 Å². The van der Waals surface area contributed by atoms with Crippen LogP contribution < -0.4 is 20.3 Å². The Morgan fingerprint density at radius 3 is 2.79 bits per heavy atom. The molecule has 2 aliphatic heterocycles. The van der Waals surface area contributed by atoms with E-state index in [1.165, 1.54) is 24.3 Å². The molecule has 0 atom stereocenters. The molecule has 0 unspecified atom stereocenters. The third-order valence-electron chi connectivity index (χ3n) is 5.34. The van der Waals surface area contributed by atoms with Crippen LogP contribution in [-0.2, 0) is 13.1 Å². The van der Waals surface area contributed by atoms with Gasteiger partial charge in [0.1, 0.15) is 5.56 Å². The molecule has 8 heteroatoms. The number of pyridine rings is 1. The van der Waals surface area contributed by atoms with Crippen LogP contribution in [0.2, 0.25) is 0 Å². The molecule has 1 aromatic heterocycles. The van der Waals surface area contributed by atoms with Crippen molar-refractivity contribution in [3.63, 3.8) is 0 Å². The summed E-state index contributed by atoms with van der Waals surface area (Å²) >= 11 is 2.00. The van der Waals surface area contributed by atoms with Gasteiger partial charge in [-0.05, 0) is 61.2 Å². The molecule has 2 aromatic rings. The molecule has 1 aromatic carbocycles. The van der Waals surface area contributed by atoms with Gasteiger partial charge in [0, 0.05) is 24.8 Å². The lowest BCUT2D eigenvalue weighted by Crippen LogP contribution is -2.35. The smallest absolute Gasteiger partial charge is 0.261 e. The SMILES string of the molecule is CN(Cc1ccc(C(=O)NCc2ccc3c(c2)OCO3)c(=O)[nH]1)C1CCSCC1. The number of aromatic nitrogens is 1. The van der Waals surface area contributed by atoms with Crippen LogP contribution in [0, 0.1) is 0 Å². The van der Waals surface area contributed by atoms with Crippen molar-refractivity contribution in [2.75, 3.05) is 25.3 Å². The average molecular weight is 416 g/mol. The van der Waals surface area contributed by atoms with E-state index in [-0.39, 0.29) is 17.9 Å². The zero-order valence-electron chi connectivity index (χ0n) is 16.4. The highest BCUT2D eigenvalue weighted by Crippen LogP contribution is 2.32. The summed E-state index contributed by atoms with van der Waals surface area (Å²) in [6.07, 6.45) is 2.34. The van der Waals surface area contributed by atoms with E-state index < -0.39 is 5.91 Å². The zero-order valence-corrected chi connectivity index (χ0v) is 17.2. The molecule has 0 radical (unpaired) electrons. The van der Waals surface area contributed by atoms with Gasteiger partial charge < -0.3 is 19.8 Å². The van der Waals surface area contributed by atoms with Gasteiger partial charge in [0.15, 0.2) is 11.5 Å². The topological polar surface area (TPSA) is 83.7 Å². The molecule has 0 spiro atoms. The Morgan fingerprint density at radius 2 is 2.00 bits per heavy atom. The summed E-state index contributed by atoms with van der Waals surface area (Å²) in [5.74, 6) is 3.35. The molecule has 1 saturated heterocycles. The van der Waals surface area contributed by atoms with Gasteiger partial charge in [-0.3, -0.25) is 14.5 Å². The van der Waals surface area contributed by atoms with Crippen LogP contribution in [0.3, 0.4) is 0 Å². The third kappa shape index (κ3) is 4.76. The molecule has 7 nitrogen and oxygen atoms in total. The molecule has 0 saturated carbocycles. The number of ether oxygens (including phenoxy) is 2. The van der Waals surface area contributed by atoms with Crippen molar-refractivity contribution in [3.8, 4) is 11.5 Å². The summed E-state index contributed by atoms with van der Waals surface area (Å²) in [6.45, 7) is 1.19. The van der Waals surface area contributed by atoms with Crippen molar-refractivity contribution in [2.24, 2.45) is 0 Å². The first-order chi connectivity index (χ1) is 14.1. The van der Waals surface area contributed by atoms with Gasteiger partial charge in [-0.2, -0.15) is 11.8 Å². The molecular formula is C21H25N3O4S. The van der Waals surface area contributed by atoms with Crippen LogP contribution in [0.15, 0.2) is 35.1 Å². The maximum Gasteiger partial charge on any atom is 0.261 e. The van der Waals surface area contributed by atoms with Gasteiger partial charge in [0.2, 0.25) is 6.79 Å². The Hall–Kier alpha value is -2.45. The lowest BCUT2D eigenvalue weighted by Gasteiger charge is -2.30. The normalized spacial score (nSPS) is 16.2. The number of hydrogen-bond acceptors (Lipinski definition) is 6. The standard InChI is InChI=1S/C21H25N3O4S/c1-24(16-6-8-29-9-7-16)12-15-3-4-17(21(26)23-15)20(25)22-11-14-2-5-18-19(10-14)28-13-27-18/h2-5,10,16H,6-9,11-13H2,1H3,(H,22,25)(H,23,26). The van der Waals surface area contributed by atoms with E-state index in [0.717, 1.165) is 11.3 Å². The van der Waals surface area contributed by atoms with Gasteiger partial charge in [0.05, 0.1) is 0 Å². The minimum Gasteiger partial charge on any atom is -0.454 e. The molecule has 2 aliphatic rings. The number of thioether (sulfide) groups is 1. The van der Waals surface area contributed by atoms with Crippen LogP contribution in [0.5, 0.6) is 11.5 Å². The molecular weight excluding hydrogens is 390 g/mol. The number of hydrogen-bond donors (Lipinski definition) is 2. The van der Waals surface area contributed by atoms with Crippen LogP contribution in [0.25, 0.3) is 0 Å². The van der Waals surface area contributed by atoms with E-state index in [2.05, 4.69) is 22.2 Å². The van der Waals surface area contributed by atoms with E-state index in [1.54, 1.807) is 6.07 Å². The number of H-pyrrole nitrogens is 1. The highest BCUT2D eigenvalue weighted by Gasteiger charge is 2.19. The highest BCUT2D eigenvalue weighted by atomic mass is 32.2. The molecule has 0 aliphatic carbocycles. The second kappa shape index (κ2) is 8.92. The summed E-state index contributed by atoms with van der Waals surface area (Å²) in [5.41, 5.74) is 1.45. The number of nitrogens with one attached hydrogen (secondary N) is 2. The number of fused-ring (bicyclic) bond motifs is 1. The fourth-order valence-electron chi connectivity index (χ4n) is 3.64. The lowest BCUT2D eigenvalue weighted by molar-refractivity contribution is 0.0949. The maximum absolute atomic E-state index is 12.5. The van der Waals surface area contributed by atoms with Gasteiger partial charge in [0.25, 0.3) is 11.5 Å². The first kappa shape index (κ1) is 19.8. The summed E-state index contributed by atoms with van der Waals surface area (Å²) in [4.78, 5) is 30.0. The Bertz CT molecular complexity index is 940. The monoisotopic (exact) mass is 415 g/mol. The molecule has 2 N–H and O–H groups in total. The number of amides is 1. The van der Waals surface area contributed by atoms with E-state index in [0.29, 0.717) is 30.6 Å². The Morgan fingerprint density at radius 1 is 1.21 bits per heavy atom. The minimum atomic E-state index is -0.395. The number of rotatable bonds is 6. The van der Waals surface area contributed by atoms with Crippen LogP contribution in [-0.4, -0.2) is 47.2 Å². The van der Waals surface area contributed by atoms with Crippen LogP contribution in [0.4, 0.5) is 0 Å². The van der Waals surface area contributed by atoms with Crippen molar-refractivity contribution in [1.29, 1.82) is 0 Å². The van der Waals surface area contributed by atoms with Gasteiger partial charge in [-0.15, -0.1) is 0 Å². The summed E-state index contributed by atoms with van der Waals surface area (Å²) in [6, 6.07) is 9.48. The predicted octanol–water partition coefficient (Wildman–Crippen LogP) is 2.36. The number of carbonyl (C=O) groups is 1. The summed E-state index contributed by atoms with van der Waals surface area (Å²) in [7, 11) is 2.09. The number of aromatic amines is 1. The fraction of sp³-hybridized carbons (Fsp3) is 0.429. The Kier molecular flexibility index (Phi) is 6.10. The summed E-state index contributed by atoms with van der Waals surface area (Å²) in [5, 5.41) is 2.79. The number of nitrogens with zero attached hydrogens (tertiary/aromatic N) is 1. The van der Waals surface area contributed by atoms with Crippen molar-refractivity contribution in [1.82, 2.24) is 15.2 Å². The number of carbonyl (C=O) groups excluding carboxylic acids is 1. The Labute approximate surface area is 173 Å². The van der Waals surface area contributed by atoms with E-state index in [4.69, 9.17) is 9.47 Å². The quantitative estimate of drug-likeness (QED) is 0.754. The highest BCUT2D eigenvalue weighted by molar-refractivity contribution is 7.99. The second-order valence-corrected chi connectivity index (χ2v) is 8.58. The van der Waals surface area contributed by atoms with Gasteiger partial charge in [-0.25, -0.2) is 0 Å². The van der Waals surface area contributed by atoms with Gasteiger partial charge >= 0.3 is 0 Å². The maximum atomic E-state index is 12.5. The third-order valence-corrected chi connectivity index (χ3v) is 6.39. The van der Waals surface area contributed by atoms with Crippen LogP contribution in [0.1, 0.15) is 34.5 Å². The fourth-order valence-corrected chi connectivity index (χ4v) is 4.72. The van der Waals surface area contributed by atoms with Crippen molar-refractivity contribution < 1.29 is 14.3 Å². The first-order valence-electron chi connectivity index (χ1n) is 9.77. The van der Waals surface area contributed by atoms with Crippen molar-refractivity contribution in [3.05, 3.63) is 57.5 Å². The summed E-state index contributed by atoms with van der Waals surface area (Å²) < 4.78 is 10.6. The minimum absolute atomic E-state index is 0.117. The molecule has 29 heavy (non-hydrogen) atoms. The number of benzene rings is 1. The largest absolute Gasteiger partial charge is 0.454 e. The van der Waals surface area contributed by atoms with E-state index in [9.17, 15) is 9.59 Å². The average Bonchev–Trinajstić information content (AvgIpc) is 3.20. The van der Waals surface area contributed by atoms with Gasteiger partial charge in [-0.1, -0.05) is 6.07 Å². The molecule has 154 valence electrons. The Balaban J connectivity index is 1.35.